The maximum atomic E-state index is 12.2. The minimum absolute atomic E-state index is 0.143. The van der Waals surface area contributed by atoms with Crippen LogP contribution in [-0.2, 0) is 14.4 Å². The minimum Gasteiger partial charge on any atom is -0.480 e. The maximum Gasteiger partial charge on any atom is 0.341 e. The first kappa shape index (κ1) is 19.5. The molecule has 11 heteroatoms. The van der Waals surface area contributed by atoms with Crippen molar-refractivity contribution in [2.75, 3.05) is 13.2 Å². The van der Waals surface area contributed by atoms with Gasteiger partial charge in [-0.15, -0.1) is 0 Å². The zero-order chi connectivity index (χ0) is 18.7. The number of rotatable bonds is 6. The Labute approximate surface area is 162 Å². The molecule has 3 amide bonds. The molecule has 25 heavy (non-hydrogen) atoms. The number of carbonyl (C=O) groups is 4. The first-order valence-corrected chi connectivity index (χ1v) is 8.96. The largest absolute Gasteiger partial charge is 0.480 e. The van der Waals surface area contributed by atoms with Gasteiger partial charge in [0.25, 0.3) is 11.1 Å². The molecule has 0 atom stereocenters. The Kier molecular flexibility index (Phi) is 6.25. The zero-order valence-corrected chi connectivity index (χ0v) is 16.3. The highest BCUT2D eigenvalue weighted by atomic mass is 79.9. The lowest BCUT2D eigenvalue weighted by Gasteiger charge is -2.10. The number of carbonyl (C=O) groups excluding carboxylic acids is 3. The molecule has 0 radical (unpaired) electrons. The van der Waals surface area contributed by atoms with Crippen molar-refractivity contribution in [1.29, 1.82) is 0 Å². The molecule has 0 bridgehead atoms. The van der Waals surface area contributed by atoms with Crippen LogP contribution in [0.3, 0.4) is 0 Å². The number of amides is 3. The van der Waals surface area contributed by atoms with Crippen LogP contribution in [0.25, 0.3) is 6.08 Å². The molecule has 1 fully saturated rings. The Balaban J connectivity index is 2.26. The highest BCUT2D eigenvalue weighted by molar-refractivity contribution is 9.11. The number of nitrogens with zero attached hydrogens (tertiary/aromatic N) is 1. The van der Waals surface area contributed by atoms with Crippen LogP contribution in [0.4, 0.5) is 4.79 Å². The van der Waals surface area contributed by atoms with Crippen LogP contribution in [0.5, 0.6) is 5.75 Å². The lowest BCUT2D eigenvalue weighted by Crippen LogP contribution is -2.36. The van der Waals surface area contributed by atoms with Crippen molar-refractivity contribution in [3.8, 4) is 5.75 Å². The molecule has 0 aromatic heterocycles. The van der Waals surface area contributed by atoms with Crippen molar-refractivity contribution in [2.45, 2.75) is 0 Å². The number of carboxylic acids is 1. The molecule has 1 saturated heterocycles. The van der Waals surface area contributed by atoms with Gasteiger partial charge in [0.2, 0.25) is 5.91 Å². The number of aliphatic carboxylic acids is 1. The van der Waals surface area contributed by atoms with Gasteiger partial charge >= 0.3 is 5.97 Å². The third-order valence-corrected chi connectivity index (χ3v) is 4.93. The first-order chi connectivity index (χ1) is 11.7. The van der Waals surface area contributed by atoms with Gasteiger partial charge in [-0.2, -0.15) is 0 Å². The number of nitrogens with two attached hydrogens (primary N) is 1. The normalized spacial score (nSPS) is 15.8. The fraction of sp³-hybridized carbons (Fsp3) is 0.143. The number of halogens is 2. The van der Waals surface area contributed by atoms with E-state index in [-0.39, 0.29) is 4.91 Å². The number of hydrogen-bond donors (Lipinski definition) is 2. The highest BCUT2D eigenvalue weighted by Crippen LogP contribution is 2.37. The van der Waals surface area contributed by atoms with Gasteiger partial charge in [-0.3, -0.25) is 19.3 Å². The van der Waals surface area contributed by atoms with E-state index in [2.05, 4.69) is 31.9 Å². The van der Waals surface area contributed by atoms with Crippen molar-refractivity contribution in [1.82, 2.24) is 4.90 Å². The van der Waals surface area contributed by atoms with Gasteiger partial charge in [-0.25, -0.2) is 4.79 Å². The first-order valence-electron chi connectivity index (χ1n) is 6.56. The number of imide groups is 1. The summed E-state index contributed by atoms with van der Waals surface area (Å²) in [5.74, 6) is -2.21. The lowest BCUT2D eigenvalue weighted by molar-refractivity contribution is -0.139. The van der Waals surface area contributed by atoms with E-state index in [1.807, 2.05) is 0 Å². The highest BCUT2D eigenvalue weighted by Gasteiger charge is 2.35. The van der Waals surface area contributed by atoms with E-state index in [1.54, 1.807) is 12.1 Å². The molecule has 1 aromatic rings. The van der Waals surface area contributed by atoms with Crippen LogP contribution >= 0.6 is 43.6 Å². The monoisotopic (exact) mass is 492 g/mol. The van der Waals surface area contributed by atoms with Gasteiger partial charge in [0.05, 0.1) is 13.9 Å². The average molecular weight is 494 g/mol. The van der Waals surface area contributed by atoms with E-state index < -0.39 is 36.2 Å². The Morgan fingerprint density at radius 2 is 1.88 bits per heavy atom. The summed E-state index contributed by atoms with van der Waals surface area (Å²) in [6.45, 7) is -0.986. The van der Waals surface area contributed by atoms with Crippen molar-refractivity contribution in [3.63, 3.8) is 0 Å². The van der Waals surface area contributed by atoms with Gasteiger partial charge in [-0.1, -0.05) is 0 Å². The smallest absolute Gasteiger partial charge is 0.341 e. The van der Waals surface area contributed by atoms with E-state index in [4.69, 9.17) is 15.6 Å². The van der Waals surface area contributed by atoms with E-state index >= 15 is 0 Å². The summed E-state index contributed by atoms with van der Waals surface area (Å²) >= 11 is 7.22. The van der Waals surface area contributed by atoms with Crippen LogP contribution in [-0.4, -0.2) is 46.2 Å². The molecule has 0 saturated carbocycles. The van der Waals surface area contributed by atoms with Crippen LogP contribution in [0.15, 0.2) is 26.0 Å². The van der Waals surface area contributed by atoms with Crippen molar-refractivity contribution in [3.05, 3.63) is 31.5 Å². The van der Waals surface area contributed by atoms with Gasteiger partial charge in [0.15, 0.2) is 6.61 Å². The molecule has 0 unspecified atom stereocenters. The second kappa shape index (κ2) is 8.02. The van der Waals surface area contributed by atoms with Gasteiger partial charge < -0.3 is 15.6 Å². The second-order valence-electron chi connectivity index (χ2n) is 4.73. The molecule has 1 aromatic carbocycles. The Hall–Kier alpha value is -1.85. The Morgan fingerprint density at radius 1 is 1.28 bits per heavy atom. The fourth-order valence-electron chi connectivity index (χ4n) is 1.88. The van der Waals surface area contributed by atoms with Crippen LogP contribution in [0.1, 0.15) is 5.56 Å². The fourth-order valence-corrected chi connectivity index (χ4v) is 4.17. The number of thioether (sulfide) groups is 1. The summed E-state index contributed by atoms with van der Waals surface area (Å²) in [5, 5.41) is 8.09. The molecule has 1 aliphatic heterocycles. The molecule has 0 spiro atoms. The van der Waals surface area contributed by atoms with Crippen molar-refractivity contribution < 1.29 is 29.0 Å². The van der Waals surface area contributed by atoms with Gasteiger partial charge in [-0.05, 0) is 67.4 Å². The number of benzene rings is 1. The SMILES string of the molecule is NC(=O)CN1C(=O)S/C(=C\c2cc(Br)c(OCC(=O)O)c(Br)c2)C1=O. The predicted molar refractivity (Wildman–Crippen MR) is 96.8 cm³/mol. The minimum atomic E-state index is -1.12. The Bertz CT molecular complexity index is 788. The third kappa shape index (κ3) is 4.83. The number of carboxylic acid groups (broad SMARTS) is 1. The third-order valence-electron chi connectivity index (χ3n) is 2.85. The molecule has 0 aliphatic carbocycles. The van der Waals surface area contributed by atoms with Crippen molar-refractivity contribution in [2.24, 2.45) is 5.73 Å². The average Bonchev–Trinajstić information content (AvgIpc) is 2.73. The zero-order valence-electron chi connectivity index (χ0n) is 12.3. The summed E-state index contributed by atoms with van der Waals surface area (Å²) in [6.07, 6.45) is 1.47. The van der Waals surface area contributed by atoms with E-state index in [0.29, 0.717) is 32.0 Å². The number of primary amides is 1. The van der Waals surface area contributed by atoms with E-state index in [1.165, 1.54) is 6.08 Å². The second-order valence-corrected chi connectivity index (χ2v) is 7.43. The quantitative estimate of drug-likeness (QED) is 0.581. The summed E-state index contributed by atoms with van der Waals surface area (Å²) in [5.41, 5.74) is 5.58. The molecule has 2 rings (SSSR count). The van der Waals surface area contributed by atoms with E-state index in [0.717, 1.165) is 4.90 Å². The summed E-state index contributed by atoms with van der Waals surface area (Å²) < 4.78 is 6.08. The summed E-state index contributed by atoms with van der Waals surface area (Å²) in [7, 11) is 0. The van der Waals surface area contributed by atoms with E-state index in [9.17, 15) is 19.2 Å². The van der Waals surface area contributed by atoms with Crippen LogP contribution in [0, 0.1) is 0 Å². The molecule has 8 nitrogen and oxygen atoms in total. The summed E-state index contributed by atoms with van der Waals surface area (Å²) in [6, 6.07) is 3.20. The van der Waals surface area contributed by atoms with Crippen LogP contribution < -0.4 is 10.5 Å². The molecule has 1 heterocycles. The molecule has 1 aliphatic rings. The summed E-state index contributed by atoms with van der Waals surface area (Å²) in [4.78, 5) is 46.4. The standard InChI is InChI=1S/C14H10Br2N2O6S/c15-7-1-6(2-8(16)12(7)24-5-11(20)21)3-9-13(22)18(4-10(17)19)14(23)25-9/h1-3H,4-5H2,(H2,17,19)(H,20,21)/b9-3-. The molecular weight excluding hydrogens is 484 g/mol. The molecule has 3 N–H and O–H groups in total. The topological polar surface area (TPSA) is 127 Å². The number of hydrogen-bond acceptors (Lipinski definition) is 6. The Morgan fingerprint density at radius 3 is 2.40 bits per heavy atom. The molecule has 132 valence electrons. The van der Waals surface area contributed by atoms with Gasteiger partial charge in [0.1, 0.15) is 12.3 Å². The predicted octanol–water partition coefficient (Wildman–Crippen LogP) is 2.20. The number of ether oxygens (including phenoxy) is 1. The van der Waals surface area contributed by atoms with Crippen LogP contribution in [0.2, 0.25) is 0 Å². The van der Waals surface area contributed by atoms with Gasteiger partial charge in [0, 0.05) is 0 Å². The maximum absolute atomic E-state index is 12.2. The molecular formula is C14H10Br2N2O6S. The van der Waals surface area contributed by atoms with Crippen molar-refractivity contribution >= 4 is 72.7 Å². The lowest BCUT2D eigenvalue weighted by atomic mass is 10.2.